The molecule has 0 saturated carbocycles. The summed E-state index contributed by atoms with van der Waals surface area (Å²) in [5.41, 5.74) is 0. The molecular weight excluding hydrogens is 332 g/mol. The van der Waals surface area contributed by atoms with Crippen LogP contribution < -0.4 is 0 Å². The number of unbranched alkanes of at least 4 members (excludes halogenated alkanes) is 1. The first-order chi connectivity index (χ1) is 11.3. The number of hydrogen-bond donors (Lipinski definition) is 1. The van der Waals surface area contributed by atoms with E-state index < -0.39 is 26.3 Å². The van der Waals surface area contributed by atoms with Crippen molar-refractivity contribution in [3.63, 3.8) is 0 Å². The molecule has 0 spiro atoms. The van der Waals surface area contributed by atoms with E-state index in [4.69, 9.17) is 20.3 Å². The molecule has 4 atom stereocenters. The molecule has 4 nitrogen and oxygen atoms in total. The van der Waals surface area contributed by atoms with Crippen LogP contribution in [-0.4, -0.2) is 43.6 Å². The van der Waals surface area contributed by atoms with Crippen molar-refractivity contribution < 1.29 is 19.0 Å². The number of terminal acetylenes is 1. The van der Waals surface area contributed by atoms with Gasteiger partial charge < -0.3 is 19.0 Å². The van der Waals surface area contributed by atoms with Crippen LogP contribution in [0.1, 0.15) is 67.2 Å². The highest BCUT2D eigenvalue weighted by atomic mass is 28.4. The second-order valence-corrected chi connectivity index (χ2v) is 13.9. The lowest BCUT2D eigenvalue weighted by Crippen LogP contribution is -2.51. The average Bonchev–Trinajstić information content (AvgIpc) is 2.78. The number of hydrogen-bond acceptors (Lipinski definition) is 4. The fraction of sp³-hybridized carbons (Fsp3) is 0.900. The van der Waals surface area contributed by atoms with Crippen LogP contribution in [0, 0.1) is 12.3 Å². The number of rotatable bonds is 8. The van der Waals surface area contributed by atoms with Crippen LogP contribution in [-0.2, 0) is 13.9 Å². The standard InChI is InChI=1S/C20H38O4Si/c1-10-12-14-16(24-25(8,9)19(3,4)5)18-17(15(21)13-11-2)22-20(6,7)23-18/h2,15-18,21H,10,12-14H2,1,3-9H3/t15-,16+,17-,18-/m1/s1. The molecule has 1 N–H and O–H groups in total. The Hall–Kier alpha value is -0.383. The predicted molar refractivity (Wildman–Crippen MR) is 105 cm³/mol. The fourth-order valence-corrected chi connectivity index (χ4v) is 4.25. The van der Waals surface area contributed by atoms with Crippen LogP contribution in [0.25, 0.3) is 0 Å². The van der Waals surface area contributed by atoms with Gasteiger partial charge in [0.2, 0.25) is 0 Å². The first-order valence-electron chi connectivity index (χ1n) is 9.49. The Balaban J connectivity index is 3.08. The van der Waals surface area contributed by atoms with E-state index in [2.05, 4.69) is 46.7 Å². The van der Waals surface area contributed by atoms with Crippen LogP contribution >= 0.6 is 0 Å². The fourth-order valence-electron chi connectivity index (χ4n) is 2.89. The van der Waals surface area contributed by atoms with E-state index in [-0.39, 0.29) is 23.7 Å². The smallest absolute Gasteiger partial charge is 0.192 e. The van der Waals surface area contributed by atoms with E-state index in [0.717, 1.165) is 19.3 Å². The molecule has 0 aliphatic carbocycles. The highest BCUT2D eigenvalue weighted by molar-refractivity contribution is 6.74. The Morgan fingerprint density at radius 3 is 2.28 bits per heavy atom. The largest absolute Gasteiger partial charge is 0.411 e. The van der Waals surface area contributed by atoms with Gasteiger partial charge in [-0.25, -0.2) is 0 Å². The van der Waals surface area contributed by atoms with Gasteiger partial charge in [-0.3, -0.25) is 0 Å². The summed E-state index contributed by atoms with van der Waals surface area (Å²) in [7, 11) is -1.97. The van der Waals surface area contributed by atoms with Crippen molar-refractivity contribution in [2.24, 2.45) is 0 Å². The topological polar surface area (TPSA) is 47.9 Å². The monoisotopic (exact) mass is 370 g/mol. The van der Waals surface area contributed by atoms with Gasteiger partial charge >= 0.3 is 0 Å². The van der Waals surface area contributed by atoms with Gasteiger partial charge in [-0.2, -0.15) is 0 Å². The molecule has 5 heteroatoms. The number of aliphatic hydroxyl groups excluding tert-OH is 1. The van der Waals surface area contributed by atoms with E-state index in [0.29, 0.717) is 0 Å². The molecule has 0 radical (unpaired) electrons. The number of aliphatic hydroxyl groups is 1. The molecule has 1 saturated heterocycles. The first-order valence-corrected chi connectivity index (χ1v) is 12.4. The third kappa shape index (κ3) is 6.08. The average molecular weight is 371 g/mol. The molecule has 0 aromatic rings. The Morgan fingerprint density at radius 1 is 1.24 bits per heavy atom. The Morgan fingerprint density at radius 2 is 1.80 bits per heavy atom. The maximum absolute atomic E-state index is 10.5. The molecule has 0 bridgehead atoms. The Kier molecular flexibility index (Phi) is 7.74. The zero-order valence-corrected chi connectivity index (χ0v) is 18.4. The third-order valence-electron chi connectivity index (χ3n) is 5.33. The van der Waals surface area contributed by atoms with Crippen molar-refractivity contribution in [3.8, 4) is 12.3 Å². The molecule has 146 valence electrons. The van der Waals surface area contributed by atoms with Crippen molar-refractivity contribution in [2.75, 3.05) is 0 Å². The Labute approximate surface area is 155 Å². The van der Waals surface area contributed by atoms with Gasteiger partial charge in [0.05, 0.1) is 12.2 Å². The molecule has 0 aromatic heterocycles. The minimum absolute atomic E-state index is 0.0972. The quantitative estimate of drug-likeness (QED) is 0.506. The normalized spacial score (nSPS) is 26.2. The minimum Gasteiger partial charge on any atom is -0.411 e. The summed E-state index contributed by atoms with van der Waals surface area (Å²) < 4.78 is 18.9. The van der Waals surface area contributed by atoms with Gasteiger partial charge in [-0.15, -0.1) is 12.3 Å². The second kappa shape index (κ2) is 8.54. The molecule has 0 unspecified atom stereocenters. The summed E-state index contributed by atoms with van der Waals surface area (Å²) >= 11 is 0. The van der Waals surface area contributed by atoms with Gasteiger partial charge in [-0.05, 0) is 38.4 Å². The van der Waals surface area contributed by atoms with E-state index in [1.54, 1.807) is 0 Å². The molecular formula is C20H38O4Si. The van der Waals surface area contributed by atoms with E-state index >= 15 is 0 Å². The Bertz CT molecular complexity index is 461. The van der Waals surface area contributed by atoms with Crippen molar-refractivity contribution >= 4 is 8.32 Å². The zero-order chi connectivity index (χ0) is 19.5. The molecule has 1 fully saturated rings. The van der Waals surface area contributed by atoms with E-state index in [1.165, 1.54) is 0 Å². The summed E-state index contributed by atoms with van der Waals surface area (Å²) in [5.74, 6) is 1.79. The van der Waals surface area contributed by atoms with E-state index in [9.17, 15) is 5.11 Å². The zero-order valence-electron chi connectivity index (χ0n) is 17.4. The lowest BCUT2D eigenvalue weighted by Gasteiger charge is -2.41. The van der Waals surface area contributed by atoms with Crippen molar-refractivity contribution in [1.82, 2.24) is 0 Å². The SMILES string of the molecule is C#CC[C@@H](O)[C@H]1OC(C)(C)O[C@@H]1[C@H](CCCC)O[Si](C)(C)C(C)(C)C. The summed E-state index contributed by atoms with van der Waals surface area (Å²) in [6, 6.07) is 0. The lowest BCUT2D eigenvalue weighted by molar-refractivity contribution is -0.160. The highest BCUT2D eigenvalue weighted by Gasteiger charge is 2.50. The first kappa shape index (κ1) is 22.7. The van der Waals surface area contributed by atoms with Crippen molar-refractivity contribution in [2.45, 2.75) is 116 Å². The number of ether oxygens (including phenoxy) is 2. The van der Waals surface area contributed by atoms with Gasteiger partial charge in [0.1, 0.15) is 12.2 Å². The van der Waals surface area contributed by atoms with Crippen LogP contribution in [0.3, 0.4) is 0 Å². The highest BCUT2D eigenvalue weighted by Crippen LogP contribution is 2.41. The van der Waals surface area contributed by atoms with Crippen LogP contribution in [0.15, 0.2) is 0 Å². The third-order valence-corrected chi connectivity index (χ3v) is 9.84. The maximum atomic E-state index is 10.5. The van der Waals surface area contributed by atoms with Crippen molar-refractivity contribution in [1.29, 1.82) is 0 Å². The van der Waals surface area contributed by atoms with Gasteiger partial charge in [0.25, 0.3) is 0 Å². The summed E-state index contributed by atoms with van der Waals surface area (Å²) in [4.78, 5) is 0. The summed E-state index contributed by atoms with van der Waals surface area (Å²) in [6.45, 7) is 17.1. The lowest BCUT2D eigenvalue weighted by atomic mass is 9.98. The van der Waals surface area contributed by atoms with Crippen LogP contribution in [0.5, 0.6) is 0 Å². The molecule has 25 heavy (non-hydrogen) atoms. The van der Waals surface area contributed by atoms with E-state index in [1.807, 2.05) is 13.8 Å². The molecule has 1 heterocycles. The molecule has 0 aromatic carbocycles. The maximum Gasteiger partial charge on any atom is 0.192 e. The molecule has 1 aliphatic heterocycles. The van der Waals surface area contributed by atoms with Gasteiger partial charge in [0, 0.05) is 6.42 Å². The molecule has 1 aliphatic rings. The van der Waals surface area contributed by atoms with Crippen LogP contribution in [0.2, 0.25) is 18.1 Å². The summed E-state index contributed by atoms with van der Waals surface area (Å²) in [6.07, 6.45) is 7.07. The van der Waals surface area contributed by atoms with Crippen LogP contribution in [0.4, 0.5) is 0 Å². The predicted octanol–water partition coefficient (Wildman–Crippen LogP) is 4.47. The van der Waals surface area contributed by atoms with Crippen molar-refractivity contribution in [3.05, 3.63) is 0 Å². The van der Waals surface area contributed by atoms with Gasteiger partial charge in [-0.1, -0.05) is 40.5 Å². The minimum atomic E-state index is -1.97. The molecule has 0 amide bonds. The molecule has 1 rings (SSSR count). The second-order valence-electron chi connectivity index (χ2n) is 9.10. The van der Waals surface area contributed by atoms with Gasteiger partial charge in [0.15, 0.2) is 14.1 Å². The summed E-state index contributed by atoms with van der Waals surface area (Å²) in [5, 5.41) is 10.6.